The molecule has 4 heterocycles. The van der Waals surface area contributed by atoms with E-state index in [1.165, 1.54) is 128 Å². The smallest absolute Gasteiger partial charge is 0.156 e. The lowest BCUT2D eigenvalue weighted by Gasteiger charge is -2.73. The quantitative estimate of drug-likeness (QED) is 0.213. The molecule has 0 amide bonds. The fourth-order valence-electron chi connectivity index (χ4n) is 40.7. The highest BCUT2D eigenvalue weighted by atomic mass is 15.3. The fourth-order valence-corrected chi connectivity index (χ4v) is 40.7. The molecule has 0 N–H and O–H groups in total. The van der Waals surface area contributed by atoms with Gasteiger partial charge in [0, 0.05) is 72.5 Å². The highest BCUT2D eigenvalue weighted by Gasteiger charge is 2.72. The molecule has 21 aliphatic rings. The summed E-state index contributed by atoms with van der Waals surface area (Å²) in [6.45, 7) is 34.1. The predicted molar refractivity (Wildman–Crippen MR) is 485 cm³/mol. The number of hydrogen-bond acceptors (Lipinski definition) is 4. The molecule has 0 bridgehead atoms. The minimum atomic E-state index is 0.379. The zero-order chi connectivity index (χ0) is 78.3. The number of hydrogen-bond donors (Lipinski definition) is 0. The summed E-state index contributed by atoms with van der Waals surface area (Å²) in [5.74, 6) is 25.7. The average Bonchev–Trinajstić information content (AvgIpc) is 0.878. The maximum atomic E-state index is 4.09. The van der Waals surface area contributed by atoms with Gasteiger partial charge in [0.25, 0.3) is 0 Å². The van der Waals surface area contributed by atoms with Gasteiger partial charge < -0.3 is 0 Å². The third-order valence-corrected chi connectivity index (χ3v) is 45.3. The summed E-state index contributed by atoms with van der Waals surface area (Å²) < 4.78 is 0. The predicted octanol–water partition coefficient (Wildman–Crippen LogP) is 28.9. The minimum absolute atomic E-state index is 0.379. The molecule has 4 aliphatic heterocycles. The zero-order valence-electron chi connectivity index (χ0n) is 77.8. The third-order valence-electron chi connectivity index (χ3n) is 45.3. The van der Waals surface area contributed by atoms with Crippen LogP contribution in [0.3, 0.4) is 0 Å². The van der Waals surface area contributed by atoms with Crippen molar-refractivity contribution in [3.63, 3.8) is 0 Å². The van der Waals surface area contributed by atoms with Crippen LogP contribution in [0, 0.1) is 164 Å². The largest absolute Gasteiger partial charge is 0.295 e. The van der Waals surface area contributed by atoms with E-state index in [9.17, 15) is 0 Å². The van der Waals surface area contributed by atoms with E-state index in [-0.39, 0.29) is 0 Å². The van der Waals surface area contributed by atoms with Gasteiger partial charge in [-0.25, -0.2) is 0 Å². The normalized spacial score (nSPS) is 50.4. The van der Waals surface area contributed by atoms with Gasteiger partial charge in [-0.2, -0.15) is 0 Å². The third kappa shape index (κ3) is 14.8. The number of nitrogens with zero attached hydrogens (tertiary/aromatic N) is 4. The molecule has 4 nitrogen and oxygen atoms in total. The summed E-state index contributed by atoms with van der Waals surface area (Å²) in [6, 6.07) is 9.93. The van der Waals surface area contributed by atoms with Crippen molar-refractivity contribution in [3.05, 3.63) is 0 Å². The monoisotopic (exact) mass is 1570 g/mol. The highest BCUT2D eigenvalue weighted by Crippen LogP contribution is 2.73. The van der Waals surface area contributed by atoms with E-state index >= 15 is 0 Å². The van der Waals surface area contributed by atoms with Crippen LogP contribution < -0.4 is 0 Å². The van der Waals surface area contributed by atoms with E-state index in [0.717, 1.165) is 239 Å². The Hall–Kier alpha value is -0.0951. The Bertz CT molecular complexity index is 3130. The Balaban J connectivity index is 0.780. The molecule has 115 heavy (non-hydrogen) atoms. The van der Waals surface area contributed by atoms with Gasteiger partial charge in [-0.3, -0.25) is 19.6 Å². The van der Waals surface area contributed by atoms with Crippen LogP contribution in [0.15, 0.2) is 0 Å². The highest BCUT2D eigenvalue weighted by molar-refractivity contribution is 6.65. The first-order chi connectivity index (χ1) is 55.6. The van der Waals surface area contributed by atoms with Gasteiger partial charge in [0.05, 0.1) is 0 Å². The topological polar surface area (TPSA) is 13.0 Å². The lowest BCUT2D eigenvalue weighted by Crippen LogP contribution is -2.78. The van der Waals surface area contributed by atoms with Crippen molar-refractivity contribution in [2.75, 3.05) is 0 Å². The van der Waals surface area contributed by atoms with Crippen LogP contribution in [-0.4, -0.2) is 98.8 Å². The molecule has 0 aromatic heterocycles. The molecule has 17 aliphatic carbocycles. The van der Waals surface area contributed by atoms with Crippen LogP contribution in [0.2, 0.25) is 17.5 Å². The Morgan fingerprint density at radius 2 is 0.530 bits per heavy atom. The molecule has 648 valence electrons. The van der Waals surface area contributed by atoms with Crippen LogP contribution in [0.5, 0.6) is 0 Å². The second-order valence-electron chi connectivity index (χ2n) is 53.7. The molecule has 0 spiro atoms. The van der Waals surface area contributed by atoms with E-state index < -0.39 is 0 Å². The van der Waals surface area contributed by atoms with Gasteiger partial charge in [-0.05, 0) is 342 Å². The van der Waals surface area contributed by atoms with Crippen LogP contribution in [0.4, 0.5) is 0 Å². The van der Waals surface area contributed by atoms with Crippen molar-refractivity contribution in [2.24, 2.45) is 164 Å². The lowest BCUT2D eigenvalue weighted by atomic mass is 9.18. The number of likely N-dealkylation sites (tertiary alicyclic amines) is 2. The molecule has 0 aromatic carbocycles. The van der Waals surface area contributed by atoms with Gasteiger partial charge >= 0.3 is 0 Å². The minimum Gasteiger partial charge on any atom is -0.295 e. The van der Waals surface area contributed by atoms with Crippen molar-refractivity contribution in [1.29, 1.82) is 0 Å². The molecule has 31 atom stereocenters. The van der Waals surface area contributed by atoms with E-state index in [4.69, 9.17) is 0 Å². The maximum absolute atomic E-state index is 4.09. The molecule has 21 rings (SSSR count). The Labute approximate surface area is 711 Å². The number of rotatable bonds is 9. The van der Waals surface area contributed by atoms with Gasteiger partial charge in [-0.15, -0.1) is 0 Å². The SMILES string of the molecule is CC(C)(C)C1CC2CCC3CC(C(C)(C)C)CC4C(C5CCC6C(C5)B5C7CCC(N8C9CCCCC9C9CCCCC98)CC7N(C7C(C8CCCCC8)CC(C(C)(C)C)CC7C7CCCCC7)C7CC(N8C9CCCCC9C9CCCCC98)CC(C57)N6C5C(C6CCCCC6)CC(C(C)(C)C)CC5C5CCCCC5)CC(C1)C2C34. The van der Waals surface area contributed by atoms with Crippen LogP contribution in [0.25, 0.3) is 0 Å². The van der Waals surface area contributed by atoms with Crippen molar-refractivity contribution in [3.8, 4) is 0 Å². The lowest BCUT2D eigenvalue weighted by molar-refractivity contribution is -0.159. The molecule has 5 heteroatoms. The summed E-state index contributed by atoms with van der Waals surface area (Å²) in [5.41, 5.74) is 1.62. The first kappa shape index (κ1) is 81.9. The molecular weight excluding hydrogens is 1390 g/mol. The van der Waals surface area contributed by atoms with Crippen molar-refractivity contribution in [2.45, 2.75) is 526 Å². The van der Waals surface area contributed by atoms with Gasteiger partial charge in [0.15, 0.2) is 6.71 Å². The van der Waals surface area contributed by atoms with Crippen LogP contribution >= 0.6 is 0 Å². The van der Waals surface area contributed by atoms with Gasteiger partial charge in [0.2, 0.25) is 0 Å². The summed E-state index contributed by atoms with van der Waals surface area (Å²) in [6.07, 6.45) is 86.1. The average molecular weight is 1570 g/mol. The van der Waals surface area contributed by atoms with E-state index in [1.807, 2.05) is 0 Å². The second kappa shape index (κ2) is 32.6. The Morgan fingerprint density at radius 3 is 0.957 bits per heavy atom. The molecular formula is C110H185BN4. The standard InChI is InChI=1S/C110H185BN4/c1-107(2,3)76-55-73-49-50-74-56-77(108(4,5)6)64-91-86(58-75(57-76)102(73)103(74)91)72-51-54-98-93(59-72)111-92-53-52-80(112-94-45-29-25-41-82(94)83-42-26-30-46-95(83)112)65-99(92)115(106-89(70-37-21-15-22-38-70)62-79(110(10,11)12)63-90(106)71-39-23-16-24-40-71)101-67-81(113-96-47-31-27-43-84(96)85-44-28-32-48-97(85)113)66-100(104(101)111)114(98)105-87(68-33-17-13-18-34-68)60-78(109(7,8)9)61-88(105)69-35-19-14-20-36-69/h68-106H,13-67H2,1-12H3. The fraction of sp³-hybridized carbons (Fsp3) is 1.00. The van der Waals surface area contributed by atoms with Crippen molar-refractivity contribution in [1.82, 2.24) is 19.6 Å². The molecule has 4 saturated heterocycles. The van der Waals surface area contributed by atoms with Crippen LogP contribution in [-0.2, 0) is 0 Å². The second-order valence-corrected chi connectivity index (χ2v) is 53.7. The summed E-state index contributed by atoms with van der Waals surface area (Å²) >= 11 is 0. The molecule has 0 aromatic rings. The first-order valence-corrected chi connectivity index (χ1v) is 54.7. The Kier molecular flexibility index (Phi) is 23.3. The van der Waals surface area contributed by atoms with E-state index in [0.29, 0.717) is 21.7 Å². The summed E-state index contributed by atoms with van der Waals surface area (Å²) in [4.78, 5) is 15.5. The van der Waals surface area contributed by atoms with E-state index in [1.54, 1.807) is 225 Å². The van der Waals surface area contributed by atoms with Crippen molar-refractivity contribution < 1.29 is 0 Å². The zero-order valence-corrected chi connectivity index (χ0v) is 77.8. The van der Waals surface area contributed by atoms with E-state index in [2.05, 4.69) is 103 Å². The maximum Gasteiger partial charge on any atom is 0.156 e. The molecule has 17 saturated carbocycles. The molecule has 21 fully saturated rings. The first-order valence-electron chi connectivity index (χ1n) is 54.7. The molecule has 0 radical (unpaired) electrons. The summed E-state index contributed by atoms with van der Waals surface area (Å²) in [7, 11) is 0. The molecule has 31 unspecified atom stereocenters. The summed E-state index contributed by atoms with van der Waals surface area (Å²) in [5, 5.41) is 0. The van der Waals surface area contributed by atoms with Gasteiger partial charge in [-0.1, -0.05) is 276 Å². The Morgan fingerprint density at radius 1 is 0.191 bits per heavy atom. The number of fused-ring (bicyclic) bond motifs is 10. The van der Waals surface area contributed by atoms with Gasteiger partial charge in [0.1, 0.15) is 0 Å². The van der Waals surface area contributed by atoms with Crippen LogP contribution in [0.1, 0.15) is 436 Å². The van der Waals surface area contributed by atoms with Crippen molar-refractivity contribution >= 4 is 6.71 Å².